The van der Waals surface area contributed by atoms with Gasteiger partial charge in [-0.3, -0.25) is 4.99 Å². The standard InChI is InChI=1S/C12H18N2O2/c1-12(2,3)14-11(13)8-5-6-9(15)10(7-8)16-4/h5-7,15H,1-4H3,(H2,13,14). The third kappa shape index (κ3) is 3.15. The Balaban J connectivity index is 3.10. The van der Waals surface area contributed by atoms with Gasteiger partial charge >= 0.3 is 0 Å². The van der Waals surface area contributed by atoms with Crippen LogP contribution >= 0.6 is 0 Å². The van der Waals surface area contributed by atoms with Crippen LogP contribution in [0.2, 0.25) is 0 Å². The van der Waals surface area contributed by atoms with Gasteiger partial charge in [0.25, 0.3) is 0 Å². The third-order valence-corrected chi connectivity index (χ3v) is 1.93. The van der Waals surface area contributed by atoms with E-state index in [1.165, 1.54) is 7.11 Å². The van der Waals surface area contributed by atoms with Gasteiger partial charge in [-0.05, 0) is 39.0 Å². The molecule has 0 saturated heterocycles. The van der Waals surface area contributed by atoms with Crippen LogP contribution < -0.4 is 10.5 Å². The molecule has 1 rings (SSSR count). The molecule has 1 aromatic rings. The Bertz CT molecular complexity index is 406. The van der Waals surface area contributed by atoms with E-state index in [4.69, 9.17) is 10.5 Å². The molecule has 0 aliphatic rings. The second-order valence-electron chi connectivity index (χ2n) is 4.55. The zero-order valence-corrected chi connectivity index (χ0v) is 10.1. The van der Waals surface area contributed by atoms with Gasteiger partial charge < -0.3 is 15.6 Å². The Morgan fingerprint density at radius 3 is 2.50 bits per heavy atom. The van der Waals surface area contributed by atoms with E-state index in [-0.39, 0.29) is 11.3 Å². The van der Waals surface area contributed by atoms with Crippen LogP contribution in [0.25, 0.3) is 0 Å². The molecular weight excluding hydrogens is 204 g/mol. The Morgan fingerprint density at radius 2 is 2.00 bits per heavy atom. The summed E-state index contributed by atoms with van der Waals surface area (Å²) in [6.07, 6.45) is 0. The van der Waals surface area contributed by atoms with Crippen LogP contribution in [0.5, 0.6) is 11.5 Å². The van der Waals surface area contributed by atoms with Gasteiger partial charge in [-0.1, -0.05) is 0 Å². The largest absolute Gasteiger partial charge is 0.504 e. The summed E-state index contributed by atoms with van der Waals surface area (Å²) in [6.45, 7) is 5.91. The van der Waals surface area contributed by atoms with Gasteiger partial charge in [0.15, 0.2) is 11.5 Å². The summed E-state index contributed by atoms with van der Waals surface area (Å²) in [5.74, 6) is 0.921. The van der Waals surface area contributed by atoms with Gasteiger partial charge in [-0.25, -0.2) is 0 Å². The summed E-state index contributed by atoms with van der Waals surface area (Å²) in [7, 11) is 1.50. The summed E-state index contributed by atoms with van der Waals surface area (Å²) in [5.41, 5.74) is 6.38. The second-order valence-corrected chi connectivity index (χ2v) is 4.55. The minimum Gasteiger partial charge on any atom is -0.504 e. The number of ether oxygens (including phenoxy) is 1. The average Bonchev–Trinajstić information content (AvgIpc) is 2.15. The predicted molar refractivity (Wildman–Crippen MR) is 65.1 cm³/mol. The smallest absolute Gasteiger partial charge is 0.161 e. The first-order chi connectivity index (χ1) is 7.33. The number of benzene rings is 1. The van der Waals surface area contributed by atoms with Crippen molar-refractivity contribution in [3.05, 3.63) is 23.8 Å². The molecule has 4 nitrogen and oxygen atoms in total. The number of phenols is 1. The molecule has 88 valence electrons. The van der Waals surface area contributed by atoms with E-state index in [1.807, 2.05) is 20.8 Å². The van der Waals surface area contributed by atoms with Gasteiger partial charge in [-0.2, -0.15) is 0 Å². The highest BCUT2D eigenvalue weighted by Gasteiger charge is 2.10. The second kappa shape index (κ2) is 4.43. The van der Waals surface area contributed by atoms with Crippen molar-refractivity contribution < 1.29 is 9.84 Å². The molecule has 0 radical (unpaired) electrons. The van der Waals surface area contributed by atoms with Gasteiger partial charge in [-0.15, -0.1) is 0 Å². The molecule has 1 aromatic carbocycles. The predicted octanol–water partition coefficient (Wildman–Crippen LogP) is 1.90. The molecule has 0 atom stereocenters. The summed E-state index contributed by atoms with van der Waals surface area (Å²) in [5, 5.41) is 9.44. The van der Waals surface area contributed by atoms with Gasteiger partial charge in [0.2, 0.25) is 0 Å². The normalized spacial score (nSPS) is 12.6. The highest BCUT2D eigenvalue weighted by molar-refractivity contribution is 5.98. The number of aliphatic imine (C=N–C) groups is 1. The summed E-state index contributed by atoms with van der Waals surface area (Å²) >= 11 is 0. The topological polar surface area (TPSA) is 67.8 Å². The lowest BCUT2D eigenvalue weighted by molar-refractivity contribution is 0.373. The van der Waals surface area contributed by atoms with Crippen LogP contribution in [-0.2, 0) is 0 Å². The van der Waals surface area contributed by atoms with Crippen molar-refractivity contribution in [2.24, 2.45) is 10.7 Å². The molecular formula is C12H18N2O2. The van der Waals surface area contributed by atoms with Crippen LogP contribution in [-0.4, -0.2) is 23.6 Å². The number of hydrogen-bond donors (Lipinski definition) is 2. The van der Waals surface area contributed by atoms with Crippen LogP contribution in [0.3, 0.4) is 0 Å². The maximum atomic E-state index is 9.44. The molecule has 16 heavy (non-hydrogen) atoms. The fraction of sp³-hybridized carbons (Fsp3) is 0.417. The highest BCUT2D eigenvalue weighted by atomic mass is 16.5. The number of methoxy groups -OCH3 is 1. The third-order valence-electron chi connectivity index (χ3n) is 1.93. The lowest BCUT2D eigenvalue weighted by Gasteiger charge is -2.14. The molecule has 0 aliphatic heterocycles. The maximum Gasteiger partial charge on any atom is 0.161 e. The van der Waals surface area contributed by atoms with E-state index in [0.29, 0.717) is 11.6 Å². The van der Waals surface area contributed by atoms with E-state index in [2.05, 4.69) is 4.99 Å². The number of rotatable bonds is 2. The molecule has 0 saturated carbocycles. The molecule has 0 heterocycles. The number of amidine groups is 1. The number of nitrogens with two attached hydrogens (primary N) is 1. The zero-order valence-electron chi connectivity index (χ0n) is 10.1. The van der Waals surface area contributed by atoms with Crippen molar-refractivity contribution in [3.8, 4) is 11.5 Å². The first kappa shape index (κ1) is 12.4. The van der Waals surface area contributed by atoms with E-state index in [0.717, 1.165) is 5.56 Å². The summed E-state index contributed by atoms with van der Waals surface area (Å²) in [4.78, 5) is 4.34. The van der Waals surface area contributed by atoms with E-state index in [1.54, 1.807) is 18.2 Å². The van der Waals surface area contributed by atoms with E-state index >= 15 is 0 Å². The van der Waals surface area contributed by atoms with Crippen LogP contribution in [0.4, 0.5) is 0 Å². The maximum absolute atomic E-state index is 9.44. The van der Waals surface area contributed by atoms with Crippen molar-refractivity contribution in [1.29, 1.82) is 0 Å². The fourth-order valence-electron chi connectivity index (χ4n) is 1.26. The summed E-state index contributed by atoms with van der Waals surface area (Å²) < 4.78 is 5.01. The number of phenolic OH excluding ortho intramolecular Hbond substituents is 1. The van der Waals surface area contributed by atoms with Gasteiger partial charge in [0, 0.05) is 5.56 Å². The van der Waals surface area contributed by atoms with Crippen LogP contribution in [0.15, 0.2) is 23.2 Å². The minimum absolute atomic E-state index is 0.0924. The Labute approximate surface area is 95.8 Å². The van der Waals surface area contributed by atoms with Crippen molar-refractivity contribution in [1.82, 2.24) is 0 Å². The highest BCUT2D eigenvalue weighted by Crippen LogP contribution is 2.26. The van der Waals surface area contributed by atoms with Crippen molar-refractivity contribution in [3.63, 3.8) is 0 Å². The molecule has 0 spiro atoms. The molecule has 4 heteroatoms. The number of hydrogen-bond acceptors (Lipinski definition) is 3. The first-order valence-corrected chi connectivity index (χ1v) is 5.06. The SMILES string of the molecule is COc1cc(C(N)=NC(C)(C)C)ccc1O. The Morgan fingerprint density at radius 1 is 1.38 bits per heavy atom. The van der Waals surface area contributed by atoms with Crippen molar-refractivity contribution in [2.75, 3.05) is 7.11 Å². The number of nitrogens with zero attached hydrogens (tertiary/aromatic N) is 1. The Kier molecular flexibility index (Phi) is 3.42. The summed E-state index contributed by atoms with van der Waals surface area (Å²) in [6, 6.07) is 4.92. The van der Waals surface area contributed by atoms with Crippen LogP contribution in [0, 0.1) is 0 Å². The van der Waals surface area contributed by atoms with Gasteiger partial charge in [0.1, 0.15) is 5.84 Å². The van der Waals surface area contributed by atoms with Crippen LogP contribution in [0.1, 0.15) is 26.3 Å². The first-order valence-electron chi connectivity index (χ1n) is 5.06. The fourth-order valence-corrected chi connectivity index (χ4v) is 1.26. The molecule has 0 aliphatic carbocycles. The average molecular weight is 222 g/mol. The molecule has 3 N–H and O–H groups in total. The molecule has 0 unspecified atom stereocenters. The van der Waals surface area contributed by atoms with E-state index in [9.17, 15) is 5.11 Å². The molecule has 0 fully saturated rings. The van der Waals surface area contributed by atoms with Gasteiger partial charge in [0.05, 0.1) is 12.6 Å². The van der Waals surface area contributed by atoms with Crippen molar-refractivity contribution in [2.45, 2.75) is 26.3 Å². The number of aromatic hydroxyl groups is 1. The quantitative estimate of drug-likeness (QED) is 0.593. The zero-order chi connectivity index (χ0) is 12.3. The molecule has 0 amide bonds. The lowest BCUT2D eigenvalue weighted by atomic mass is 10.1. The lowest BCUT2D eigenvalue weighted by Crippen LogP contribution is -2.21. The van der Waals surface area contributed by atoms with E-state index < -0.39 is 0 Å². The molecule has 0 bridgehead atoms. The monoisotopic (exact) mass is 222 g/mol. The minimum atomic E-state index is -0.227. The Hall–Kier alpha value is -1.71. The molecule has 0 aromatic heterocycles. The van der Waals surface area contributed by atoms with Crippen molar-refractivity contribution >= 4 is 5.84 Å².